The Kier molecular flexibility index (Phi) is 5.88. The molecule has 0 spiro atoms. The van der Waals surface area contributed by atoms with Gasteiger partial charge in [0.2, 0.25) is 0 Å². The Morgan fingerprint density at radius 1 is 1.24 bits per heavy atom. The first-order chi connectivity index (χ1) is 10.2. The highest BCUT2D eigenvalue weighted by molar-refractivity contribution is 5.42. The van der Waals surface area contributed by atoms with E-state index < -0.39 is 0 Å². The van der Waals surface area contributed by atoms with Crippen LogP contribution >= 0.6 is 0 Å². The summed E-state index contributed by atoms with van der Waals surface area (Å²) in [5, 5.41) is 0. The summed E-state index contributed by atoms with van der Waals surface area (Å²) in [6.45, 7) is 1.68. The van der Waals surface area contributed by atoms with Gasteiger partial charge < -0.3 is 15.2 Å². The quantitative estimate of drug-likeness (QED) is 0.839. The van der Waals surface area contributed by atoms with Crippen LogP contribution < -0.4 is 15.2 Å². The van der Waals surface area contributed by atoms with Crippen molar-refractivity contribution in [2.45, 2.75) is 31.7 Å². The lowest BCUT2D eigenvalue weighted by molar-refractivity contribution is 0.208. The first-order valence-corrected chi connectivity index (χ1v) is 7.81. The van der Waals surface area contributed by atoms with Crippen molar-refractivity contribution in [1.29, 1.82) is 0 Å². The summed E-state index contributed by atoms with van der Waals surface area (Å²) < 4.78 is 10.9. The number of benzene rings is 1. The highest BCUT2D eigenvalue weighted by Crippen LogP contribution is 2.33. The molecule has 4 nitrogen and oxygen atoms in total. The van der Waals surface area contributed by atoms with Crippen molar-refractivity contribution >= 4 is 0 Å². The van der Waals surface area contributed by atoms with E-state index in [4.69, 9.17) is 15.2 Å². The predicted molar refractivity (Wildman–Crippen MR) is 85.9 cm³/mol. The predicted octanol–water partition coefficient (Wildman–Crippen LogP) is 2.83. The van der Waals surface area contributed by atoms with Gasteiger partial charge in [0, 0.05) is 18.7 Å². The summed E-state index contributed by atoms with van der Waals surface area (Å²) in [5.74, 6) is 2.53. The van der Waals surface area contributed by atoms with Crippen LogP contribution in [-0.4, -0.2) is 39.3 Å². The van der Waals surface area contributed by atoms with Gasteiger partial charge in [-0.05, 0) is 44.0 Å². The molecule has 1 aromatic carbocycles. The molecule has 1 aliphatic carbocycles. The molecule has 0 radical (unpaired) electrons. The topological polar surface area (TPSA) is 47.7 Å². The molecular formula is C17H28N2O2. The summed E-state index contributed by atoms with van der Waals surface area (Å²) in [4.78, 5) is 2.37. The van der Waals surface area contributed by atoms with Crippen LogP contribution in [0.3, 0.4) is 0 Å². The Morgan fingerprint density at radius 2 is 1.95 bits per heavy atom. The van der Waals surface area contributed by atoms with E-state index in [0.29, 0.717) is 6.54 Å². The average molecular weight is 292 g/mol. The molecule has 0 aromatic heterocycles. The van der Waals surface area contributed by atoms with E-state index in [9.17, 15) is 0 Å². The van der Waals surface area contributed by atoms with Gasteiger partial charge in [-0.3, -0.25) is 4.90 Å². The largest absolute Gasteiger partial charge is 0.497 e. The average Bonchev–Trinajstić information content (AvgIpc) is 3.00. The van der Waals surface area contributed by atoms with Crippen molar-refractivity contribution in [2.24, 2.45) is 11.7 Å². The molecule has 0 heterocycles. The summed E-state index contributed by atoms with van der Waals surface area (Å²) in [5.41, 5.74) is 7.17. The zero-order chi connectivity index (χ0) is 15.2. The van der Waals surface area contributed by atoms with Gasteiger partial charge in [0.05, 0.1) is 20.3 Å². The van der Waals surface area contributed by atoms with Gasteiger partial charge >= 0.3 is 0 Å². The highest BCUT2D eigenvalue weighted by atomic mass is 16.5. The number of ether oxygens (including phenoxy) is 2. The fraction of sp³-hybridized carbons (Fsp3) is 0.647. The second-order valence-electron chi connectivity index (χ2n) is 5.95. The molecule has 1 unspecified atom stereocenters. The van der Waals surface area contributed by atoms with Crippen LogP contribution in [0.15, 0.2) is 18.2 Å². The fourth-order valence-corrected chi connectivity index (χ4v) is 3.37. The van der Waals surface area contributed by atoms with Gasteiger partial charge in [-0.2, -0.15) is 0 Å². The molecule has 0 aliphatic heterocycles. The van der Waals surface area contributed by atoms with Gasteiger partial charge in [0.25, 0.3) is 0 Å². The minimum atomic E-state index is 0.163. The second-order valence-corrected chi connectivity index (χ2v) is 5.95. The molecule has 0 saturated heterocycles. The monoisotopic (exact) mass is 292 g/mol. The molecule has 4 heteroatoms. The van der Waals surface area contributed by atoms with Crippen molar-refractivity contribution < 1.29 is 9.47 Å². The third-order valence-electron chi connectivity index (χ3n) is 4.57. The van der Waals surface area contributed by atoms with Crippen molar-refractivity contribution in [3.05, 3.63) is 23.8 Å². The minimum Gasteiger partial charge on any atom is -0.497 e. The smallest absolute Gasteiger partial charge is 0.123 e. The Hall–Kier alpha value is -1.26. The summed E-state index contributed by atoms with van der Waals surface area (Å²) in [7, 11) is 5.55. The van der Waals surface area contributed by atoms with E-state index in [2.05, 4.69) is 11.9 Å². The molecule has 21 heavy (non-hydrogen) atoms. The first-order valence-electron chi connectivity index (χ1n) is 7.81. The summed E-state index contributed by atoms with van der Waals surface area (Å²) in [6, 6.07) is 6.09. The Labute approximate surface area is 128 Å². The molecule has 1 aliphatic rings. The van der Waals surface area contributed by atoms with Crippen LogP contribution in [0.25, 0.3) is 0 Å². The number of nitrogens with two attached hydrogens (primary N) is 1. The van der Waals surface area contributed by atoms with E-state index >= 15 is 0 Å². The third kappa shape index (κ3) is 3.89. The number of hydrogen-bond acceptors (Lipinski definition) is 4. The Morgan fingerprint density at radius 3 is 2.52 bits per heavy atom. The van der Waals surface area contributed by atoms with Gasteiger partial charge in [0.15, 0.2) is 0 Å². The maximum atomic E-state index is 6.06. The standard InChI is InChI=1S/C17H28N2O2/c1-19(12-13-6-4-5-7-13)16(11-18)15-10-14(20-2)8-9-17(15)21-3/h8-10,13,16H,4-7,11-12,18H2,1-3H3. The number of likely N-dealkylation sites (N-methyl/N-ethyl adjacent to an activating group) is 1. The lowest BCUT2D eigenvalue weighted by Gasteiger charge is -2.30. The van der Waals surface area contributed by atoms with Gasteiger partial charge in [-0.25, -0.2) is 0 Å². The molecule has 118 valence electrons. The minimum absolute atomic E-state index is 0.163. The van der Waals surface area contributed by atoms with Crippen molar-refractivity contribution in [1.82, 2.24) is 4.90 Å². The molecule has 1 saturated carbocycles. The Bertz CT molecular complexity index is 444. The van der Waals surface area contributed by atoms with E-state index in [1.165, 1.54) is 25.7 Å². The van der Waals surface area contributed by atoms with E-state index in [0.717, 1.165) is 29.5 Å². The van der Waals surface area contributed by atoms with Gasteiger partial charge in [0.1, 0.15) is 11.5 Å². The molecule has 0 bridgehead atoms. The van der Waals surface area contributed by atoms with Crippen LogP contribution in [0.5, 0.6) is 11.5 Å². The van der Waals surface area contributed by atoms with Crippen LogP contribution in [0, 0.1) is 5.92 Å². The van der Waals surface area contributed by atoms with Crippen molar-refractivity contribution in [3.63, 3.8) is 0 Å². The molecule has 1 fully saturated rings. The van der Waals surface area contributed by atoms with E-state index in [-0.39, 0.29) is 6.04 Å². The van der Waals surface area contributed by atoms with E-state index in [1.54, 1.807) is 14.2 Å². The number of hydrogen-bond donors (Lipinski definition) is 1. The number of methoxy groups -OCH3 is 2. The summed E-state index contributed by atoms with van der Waals surface area (Å²) >= 11 is 0. The molecule has 1 atom stereocenters. The third-order valence-corrected chi connectivity index (χ3v) is 4.57. The fourth-order valence-electron chi connectivity index (χ4n) is 3.37. The van der Waals surface area contributed by atoms with Gasteiger partial charge in [-0.15, -0.1) is 0 Å². The highest BCUT2D eigenvalue weighted by Gasteiger charge is 2.24. The lowest BCUT2D eigenvalue weighted by Crippen LogP contribution is -2.34. The lowest BCUT2D eigenvalue weighted by atomic mass is 10.0. The van der Waals surface area contributed by atoms with Crippen LogP contribution in [-0.2, 0) is 0 Å². The van der Waals surface area contributed by atoms with Gasteiger partial charge in [-0.1, -0.05) is 12.8 Å². The summed E-state index contributed by atoms with van der Waals surface area (Å²) in [6.07, 6.45) is 5.43. The molecule has 2 rings (SSSR count). The molecule has 2 N–H and O–H groups in total. The molecular weight excluding hydrogens is 264 g/mol. The zero-order valence-electron chi connectivity index (χ0n) is 13.5. The Balaban J connectivity index is 2.18. The zero-order valence-corrected chi connectivity index (χ0v) is 13.5. The van der Waals surface area contributed by atoms with Crippen molar-refractivity contribution in [3.8, 4) is 11.5 Å². The van der Waals surface area contributed by atoms with Crippen molar-refractivity contribution in [2.75, 3.05) is 34.4 Å². The second kappa shape index (κ2) is 7.66. The van der Waals surface area contributed by atoms with Crippen LogP contribution in [0.1, 0.15) is 37.3 Å². The maximum absolute atomic E-state index is 6.06. The van der Waals surface area contributed by atoms with E-state index in [1.807, 2.05) is 18.2 Å². The normalized spacial score (nSPS) is 17.2. The van der Waals surface area contributed by atoms with Crippen LogP contribution in [0.4, 0.5) is 0 Å². The molecule has 1 aromatic rings. The first kappa shape index (κ1) is 16.1. The maximum Gasteiger partial charge on any atom is 0.123 e. The SMILES string of the molecule is COc1ccc(OC)c(C(CN)N(C)CC2CCCC2)c1. The van der Waals surface area contributed by atoms with Crippen LogP contribution in [0.2, 0.25) is 0 Å². The number of nitrogens with zero attached hydrogens (tertiary/aromatic N) is 1. The molecule has 0 amide bonds. The number of rotatable bonds is 7.